The Bertz CT molecular complexity index is 2660. The molecular weight excluding hydrogens is 839 g/mol. The lowest BCUT2D eigenvalue weighted by atomic mass is 9.96. The molecule has 2 aliphatic carbocycles. The number of anilines is 2. The number of aromatic nitrogens is 1. The first-order valence-corrected chi connectivity index (χ1v) is 23.4. The van der Waals surface area contributed by atoms with Crippen molar-refractivity contribution in [3.63, 3.8) is 0 Å². The van der Waals surface area contributed by atoms with E-state index in [9.17, 15) is 24.3 Å². The van der Waals surface area contributed by atoms with Gasteiger partial charge in [-0.3, -0.25) is 28.6 Å². The fraction of sp³-hybridized carbons (Fsp3) is 0.367. The van der Waals surface area contributed by atoms with Gasteiger partial charge in [-0.2, -0.15) is 0 Å². The molecule has 4 aliphatic rings. The Morgan fingerprint density at radius 3 is 2.56 bits per heavy atom. The third-order valence-corrected chi connectivity index (χ3v) is 14.8. The minimum Gasteiger partial charge on any atom is -0.481 e. The predicted octanol–water partition coefficient (Wildman–Crippen LogP) is 8.76. The van der Waals surface area contributed by atoms with Crippen molar-refractivity contribution in [1.82, 2.24) is 9.47 Å². The van der Waals surface area contributed by atoms with Crippen LogP contribution >= 0.6 is 35.3 Å². The SMILES string of the molecule is C/C=C\C1=C(CC)C(=C/C(/C=C\COCCCC(C)C(=O)O)=C/C)\c2cc(N3c4ccc(/C=c5\s/c(=C6/SC(=S)N(CC)C6=O)n(CC(=O)O)c5=O)cc4C4CCCC43)ccc21. The van der Waals surface area contributed by atoms with Gasteiger partial charge in [-0.05, 0) is 134 Å². The lowest BCUT2D eigenvalue weighted by Crippen LogP contribution is -2.35. The van der Waals surface area contributed by atoms with Crippen molar-refractivity contribution >= 4 is 91.0 Å². The lowest BCUT2D eigenvalue weighted by molar-refractivity contribution is -0.141. The summed E-state index contributed by atoms with van der Waals surface area (Å²) in [4.78, 5) is 54.3. The zero-order valence-electron chi connectivity index (χ0n) is 35.8. The van der Waals surface area contributed by atoms with Crippen LogP contribution in [0, 0.1) is 5.92 Å². The molecule has 1 aromatic heterocycles. The summed E-state index contributed by atoms with van der Waals surface area (Å²) in [5.74, 6) is -2.31. The molecule has 3 unspecified atom stereocenters. The van der Waals surface area contributed by atoms with E-state index in [4.69, 9.17) is 22.1 Å². The summed E-state index contributed by atoms with van der Waals surface area (Å²) >= 11 is 7.66. The van der Waals surface area contributed by atoms with E-state index in [1.807, 2.05) is 32.1 Å². The number of aliphatic carboxylic acids is 2. The van der Waals surface area contributed by atoms with Gasteiger partial charge in [0.1, 0.15) is 20.4 Å². The fourth-order valence-corrected chi connectivity index (χ4v) is 11.7. The van der Waals surface area contributed by atoms with Crippen LogP contribution in [-0.2, 0) is 25.7 Å². The summed E-state index contributed by atoms with van der Waals surface area (Å²) in [7, 11) is 0. The molecule has 3 atom stereocenters. The Morgan fingerprint density at radius 1 is 1.06 bits per heavy atom. The molecule has 1 amide bonds. The number of thiocarbonyl (C=S) groups is 1. The van der Waals surface area contributed by atoms with E-state index in [0.29, 0.717) is 52.0 Å². The number of nitrogens with zero attached hydrogens (tertiary/aromatic N) is 3. The summed E-state index contributed by atoms with van der Waals surface area (Å²) < 4.78 is 8.04. The molecule has 1 saturated carbocycles. The quantitative estimate of drug-likeness (QED) is 0.0819. The largest absolute Gasteiger partial charge is 0.481 e. The van der Waals surface area contributed by atoms with Gasteiger partial charge >= 0.3 is 11.9 Å². The number of fused-ring (bicyclic) bond motifs is 4. The number of carboxylic acids is 2. The van der Waals surface area contributed by atoms with Gasteiger partial charge in [-0.25, -0.2) is 0 Å². The lowest BCUT2D eigenvalue weighted by Gasteiger charge is -2.28. The standard InChI is InChI=1S/C49H53N3O7S3/c1-6-13-34-33(8-3)37(24-30(7-2)15-12-23-59-22-11-14-29(5)48(57)58)38-27-32(19-20-35(34)38)52-40-17-10-16-36(40)39-25-31(18-21-41(39)52)26-42-45(55)51(28-43(53)54)47(61-42)44-46(56)50(9-4)49(60)62-44/h6-7,12-13,15,18-21,24-27,29,36,40H,8-11,14,16-17,22-23,28H2,1-5H3,(H,53,54)(H,57,58)/b13-6-,15-12-,30-7+,37-24+,42-26-,47-44+. The molecule has 2 aliphatic heterocycles. The molecule has 1 saturated heterocycles. The zero-order valence-corrected chi connectivity index (χ0v) is 38.3. The number of thioether (sulfide) groups is 1. The van der Waals surface area contributed by atoms with Crippen LogP contribution in [0.1, 0.15) is 101 Å². The molecule has 2 fully saturated rings. The van der Waals surface area contributed by atoms with Crippen LogP contribution < -0.4 is 19.7 Å². The molecule has 0 spiro atoms. The van der Waals surface area contributed by atoms with Gasteiger partial charge in [0.05, 0.1) is 17.1 Å². The van der Waals surface area contributed by atoms with Crippen molar-refractivity contribution in [3.05, 3.63) is 126 Å². The second-order valence-electron chi connectivity index (χ2n) is 15.9. The fourth-order valence-electron chi connectivity index (χ4n) is 9.08. The number of benzene rings is 2. The first kappa shape index (κ1) is 45.0. The van der Waals surface area contributed by atoms with Crippen LogP contribution in [0.4, 0.5) is 11.4 Å². The van der Waals surface area contributed by atoms with E-state index in [0.717, 1.165) is 71.3 Å². The number of carbonyl (C=O) groups is 3. The molecule has 3 aromatic rings. The first-order chi connectivity index (χ1) is 29.9. The highest BCUT2D eigenvalue weighted by Crippen LogP contribution is 2.54. The maximum absolute atomic E-state index is 13.8. The molecule has 0 bridgehead atoms. The van der Waals surface area contributed by atoms with Gasteiger partial charge in [0.15, 0.2) is 0 Å². The van der Waals surface area contributed by atoms with Gasteiger partial charge < -0.3 is 19.8 Å². The number of hydrogen-bond donors (Lipinski definition) is 2. The number of allylic oxidation sites excluding steroid dienone is 9. The van der Waals surface area contributed by atoms with Crippen molar-refractivity contribution in [2.24, 2.45) is 5.92 Å². The summed E-state index contributed by atoms with van der Waals surface area (Å²) in [6, 6.07) is 13.5. The Hall–Kier alpha value is -5.08. The van der Waals surface area contributed by atoms with Crippen molar-refractivity contribution < 1.29 is 29.3 Å². The number of carboxylic acid groups (broad SMARTS) is 2. The first-order valence-electron chi connectivity index (χ1n) is 21.4. The third kappa shape index (κ3) is 8.90. The minimum atomic E-state index is -1.17. The average molecular weight is 892 g/mol. The van der Waals surface area contributed by atoms with Gasteiger partial charge in [-0.15, -0.1) is 11.3 Å². The van der Waals surface area contributed by atoms with Crippen LogP contribution in [-0.4, -0.2) is 67.6 Å². The van der Waals surface area contributed by atoms with E-state index < -0.39 is 24.0 Å². The molecule has 62 heavy (non-hydrogen) atoms. The second kappa shape index (κ2) is 19.5. The van der Waals surface area contributed by atoms with Crippen molar-refractivity contribution in [2.75, 3.05) is 24.7 Å². The summed E-state index contributed by atoms with van der Waals surface area (Å²) in [6.07, 6.45) is 20.0. The van der Waals surface area contributed by atoms with Gasteiger partial charge in [0.2, 0.25) is 0 Å². The average Bonchev–Trinajstić information content (AvgIpc) is 4.04. The van der Waals surface area contributed by atoms with E-state index in [1.54, 1.807) is 6.92 Å². The molecule has 0 radical (unpaired) electrons. The van der Waals surface area contributed by atoms with Gasteiger partial charge in [0, 0.05) is 36.5 Å². The molecule has 2 aromatic carbocycles. The van der Waals surface area contributed by atoms with E-state index in [-0.39, 0.29) is 22.8 Å². The summed E-state index contributed by atoms with van der Waals surface area (Å²) in [5, 5.41) is 18.9. The highest BCUT2D eigenvalue weighted by atomic mass is 32.2. The predicted molar refractivity (Wildman–Crippen MR) is 255 cm³/mol. The molecular formula is C49H53N3O7S3. The number of amides is 1. The smallest absolute Gasteiger partial charge is 0.323 e. The molecule has 3 heterocycles. The number of carbonyl (C=O) groups excluding carboxylic acids is 1. The number of ether oxygens (including phenoxy) is 1. The van der Waals surface area contributed by atoms with Crippen LogP contribution in [0.5, 0.6) is 0 Å². The van der Waals surface area contributed by atoms with Crippen LogP contribution in [0.2, 0.25) is 0 Å². The normalized spacial score (nSPS) is 21.1. The van der Waals surface area contributed by atoms with Crippen LogP contribution in [0.25, 0.3) is 22.1 Å². The Kier molecular flexibility index (Phi) is 14.2. The number of rotatable bonds is 16. The molecule has 13 heteroatoms. The monoisotopic (exact) mass is 891 g/mol. The van der Waals surface area contributed by atoms with Crippen LogP contribution in [0.15, 0.2) is 88.8 Å². The maximum Gasteiger partial charge on any atom is 0.323 e. The van der Waals surface area contributed by atoms with Gasteiger partial charge in [0.25, 0.3) is 11.5 Å². The summed E-state index contributed by atoms with van der Waals surface area (Å²) in [5.41, 5.74) is 11.2. The topological polar surface area (TPSA) is 129 Å². The zero-order chi connectivity index (χ0) is 44.2. The highest BCUT2D eigenvalue weighted by molar-refractivity contribution is 8.30. The van der Waals surface area contributed by atoms with Gasteiger partial charge in [-0.1, -0.05) is 86.8 Å². The van der Waals surface area contributed by atoms with E-state index >= 15 is 0 Å². The van der Waals surface area contributed by atoms with E-state index in [1.165, 1.54) is 42.9 Å². The van der Waals surface area contributed by atoms with Crippen molar-refractivity contribution in [2.45, 2.75) is 91.6 Å². The second-order valence-corrected chi connectivity index (χ2v) is 18.6. The number of hydrogen-bond acceptors (Lipinski definition) is 9. The van der Waals surface area contributed by atoms with E-state index in [2.05, 4.69) is 79.5 Å². The molecule has 7 rings (SSSR count). The highest BCUT2D eigenvalue weighted by Gasteiger charge is 2.42. The Labute approximate surface area is 376 Å². The van der Waals surface area contributed by atoms with Crippen molar-refractivity contribution in [1.29, 1.82) is 0 Å². The molecule has 324 valence electrons. The number of thiazole rings is 1. The molecule has 2 N–H and O–H groups in total. The maximum atomic E-state index is 13.8. The minimum absolute atomic E-state index is 0.283. The van der Waals surface area contributed by atoms with Crippen molar-refractivity contribution in [3.8, 4) is 0 Å². The summed E-state index contributed by atoms with van der Waals surface area (Å²) in [6.45, 7) is 10.6. The Morgan fingerprint density at radius 2 is 1.87 bits per heavy atom. The Balaban J connectivity index is 1.22. The van der Waals surface area contributed by atoms with Crippen LogP contribution in [0.3, 0.4) is 0 Å². The molecule has 10 nitrogen and oxygen atoms in total. The third-order valence-electron chi connectivity index (χ3n) is 12.1.